The molecule has 0 saturated carbocycles. The Hall–Kier alpha value is -1.88. The van der Waals surface area contributed by atoms with E-state index in [4.69, 9.17) is 4.74 Å². The Morgan fingerprint density at radius 1 is 1.42 bits per heavy atom. The van der Waals surface area contributed by atoms with Crippen molar-refractivity contribution in [2.45, 2.75) is 38.4 Å². The molecule has 3 fully saturated rings. The molecule has 1 aromatic rings. The number of amides is 2. The molecule has 4 rings (SSSR count). The summed E-state index contributed by atoms with van der Waals surface area (Å²) in [5.74, 6) is 0.736. The van der Waals surface area contributed by atoms with Crippen molar-refractivity contribution >= 4 is 11.8 Å². The van der Waals surface area contributed by atoms with Crippen molar-refractivity contribution in [1.29, 1.82) is 0 Å². The fourth-order valence-electron chi connectivity index (χ4n) is 4.80. The first kappa shape index (κ1) is 15.6. The molecule has 1 spiro atoms. The highest BCUT2D eigenvalue weighted by Crippen LogP contribution is 2.54. The number of carbonyl (C=O) groups is 2. The topological polar surface area (TPSA) is 58.6 Å². The molecule has 3 saturated heterocycles. The second-order valence-corrected chi connectivity index (χ2v) is 7.51. The van der Waals surface area contributed by atoms with Gasteiger partial charge in [-0.1, -0.05) is 17.7 Å². The quantitative estimate of drug-likeness (QED) is 0.920. The van der Waals surface area contributed by atoms with Gasteiger partial charge in [-0.15, -0.1) is 0 Å². The molecule has 0 aromatic heterocycles. The minimum Gasteiger partial charge on any atom is -0.369 e. The van der Waals surface area contributed by atoms with E-state index in [1.165, 1.54) is 0 Å². The Morgan fingerprint density at radius 3 is 3.00 bits per heavy atom. The highest BCUT2D eigenvalue weighted by molar-refractivity contribution is 5.94. The summed E-state index contributed by atoms with van der Waals surface area (Å²) in [4.78, 5) is 26.0. The number of aryl methyl sites for hydroxylation is 1. The molecule has 4 atom stereocenters. The fourth-order valence-corrected chi connectivity index (χ4v) is 4.80. The monoisotopic (exact) mass is 328 g/mol. The second-order valence-electron chi connectivity index (χ2n) is 7.51. The van der Waals surface area contributed by atoms with Gasteiger partial charge in [0.15, 0.2) is 0 Å². The summed E-state index contributed by atoms with van der Waals surface area (Å²) in [5, 5.41) is 3.08. The molecular weight excluding hydrogens is 304 g/mol. The lowest BCUT2D eigenvalue weighted by atomic mass is 9.73. The van der Waals surface area contributed by atoms with Crippen molar-refractivity contribution in [3.05, 3.63) is 35.4 Å². The summed E-state index contributed by atoms with van der Waals surface area (Å²) < 4.78 is 6.29. The first-order chi connectivity index (χ1) is 11.5. The molecule has 5 nitrogen and oxygen atoms in total. The predicted molar refractivity (Wildman–Crippen MR) is 89.6 cm³/mol. The zero-order valence-electron chi connectivity index (χ0n) is 14.2. The van der Waals surface area contributed by atoms with Gasteiger partial charge in [0, 0.05) is 37.4 Å². The van der Waals surface area contributed by atoms with Crippen LogP contribution in [0, 0.1) is 18.8 Å². The third-order valence-electron chi connectivity index (χ3n) is 6.01. The van der Waals surface area contributed by atoms with Crippen LogP contribution in [-0.4, -0.2) is 48.1 Å². The molecule has 2 bridgehead atoms. The third kappa shape index (κ3) is 2.42. The van der Waals surface area contributed by atoms with Crippen molar-refractivity contribution in [3.8, 4) is 0 Å². The van der Waals surface area contributed by atoms with Crippen molar-refractivity contribution in [2.75, 3.05) is 19.6 Å². The first-order valence-electron chi connectivity index (χ1n) is 8.77. The number of benzene rings is 1. The van der Waals surface area contributed by atoms with Gasteiger partial charge < -0.3 is 15.0 Å². The number of hydrogen-bond donors (Lipinski definition) is 1. The molecule has 1 N–H and O–H groups in total. The summed E-state index contributed by atoms with van der Waals surface area (Å²) in [6.45, 7) is 5.70. The summed E-state index contributed by atoms with van der Waals surface area (Å²) >= 11 is 0. The average molecular weight is 328 g/mol. The molecule has 2 amide bonds. The first-order valence-corrected chi connectivity index (χ1v) is 8.77. The number of fused-ring (bicyclic) bond motifs is 1. The van der Waals surface area contributed by atoms with E-state index in [1.54, 1.807) is 6.92 Å². The molecule has 0 unspecified atom stereocenters. The lowest BCUT2D eigenvalue weighted by molar-refractivity contribution is -0.129. The minimum absolute atomic E-state index is 0.0306. The summed E-state index contributed by atoms with van der Waals surface area (Å²) in [7, 11) is 0. The SMILES string of the molecule is CC(=O)N1C[C@@H]2[C@H](CNC(=O)c3cccc(C)c3)[C@H]3CC[C@]2(C1)O3. The average Bonchev–Trinajstić information content (AvgIpc) is 3.20. The molecule has 24 heavy (non-hydrogen) atoms. The van der Waals surface area contributed by atoms with Crippen LogP contribution in [0.1, 0.15) is 35.7 Å². The summed E-state index contributed by atoms with van der Waals surface area (Å²) in [5.41, 5.74) is 1.62. The van der Waals surface area contributed by atoms with Gasteiger partial charge in [-0.25, -0.2) is 0 Å². The van der Waals surface area contributed by atoms with Gasteiger partial charge >= 0.3 is 0 Å². The molecule has 0 radical (unpaired) electrons. The highest BCUT2D eigenvalue weighted by atomic mass is 16.5. The molecule has 0 aliphatic carbocycles. The van der Waals surface area contributed by atoms with Crippen molar-refractivity contribution < 1.29 is 14.3 Å². The smallest absolute Gasteiger partial charge is 0.251 e. The third-order valence-corrected chi connectivity index (χ3v) is 6.01. The maximum atomic E-state index is 12.4. The number of rotatable bonds is 3. The van der Waals surface area contributed by atoms with Crippen LogP contribution in [0.2, 0.25) is 0 Å². The van der Waals surface area contributed by atoms with Gasteiger partial charge in [-0.05, 0) is 31.9 Å². The van der Waals surface area contributed by atoms with E-state index in [9.17, 15) is 9.59 Å². The second kappa shape index (κ2) is 5.59. The Morgan fingerprint density at radius 2 is 2.25 bits per heavy atom. The van der Waals surface area contributed by atoms with Crippen molar-refractivity contribution in [1.82, 2.24) is 10.2 Å². The van der Waals surface area contributed by atoms with Gasteiger partial charge in [0.25, 0.3) is 5.91 Å². The summed E-state index contributed by atoms with van der Waals surface area (Å²) in [6, 6.07) is 7.64. The zero-order valence-corrected chi connectivity index (χ0v) is 14.2. The number of nitrogens with one attached hydrogen (secondary N) is 1. The largest absolute Gasteiger partial charge is 0.369 e. The molecule has 5 heteroatoms. The minimum atomic E-state index is -0.158. The van der Waals surface area contributed by atoms with Gasteiger partial charge in [-0.3, -0.25) is 9.59 Å². The molecule has 3 aliphatic heterocycles. The van der Waals surface area contributed by atoms with Crippen LogP contribution in [0.4, 0.5) is 0 Å². The van der Waals surface area contributed by atoms with E-state index < -0.39 is 0 Å². The van der Waals surface area contributed by atoms with E-state index in [1.807, 2.05) is 36.1 Å². The van der Waals surface area contributed by atoms with Crippen molar-refractivity contribution in [2.24, 2.45) is 11.8 Å². The van der Waals surface area contributed by atoms with Gasteiger partial charge in [-0.2, -0.15) is 0 Å². The van der Waals surface area contributed by atoms with Gasteiger partial charge in [0.1, 0.15) is 0 Å². The maximum Gasteiger partial charge on any atom is 0.251 e. The molecule has 3 aliphatic rings. The fraction of sp³-hybridized carbons (Fsp3) is 0.579. The van der Waals surface area contributed by atoms with Crippen LogP contribution in [0.25, 0.3) is 0 Å². The van der Waals surface area contributed by atoms with Gasteiger partial charge in [0.2, 0.25) is 5.91 Å². The normalized spacial score (nSPS) is 33.6. The Balaban J connectivity index is 1.44. The van der Waals surface area contributed by atoms with E-state index in [0.717, 1.165) is 24.9 Å². The Labute approximate surface area is 142 Å². The standard InChI is InChI=1S/C19H24N2O3/c1-12-4-3-5-14(8-12)18(23)20-9-15-16-10-21(13(2)22)11-19(16)7-6-17(15)24-19/h3-5,8,15-17H,6-7,9-11H2,1-2H3,(H,20,23)/t15-,16+,17+,19+/m0/s1. The Bertz CT molecular complexity index is 689. The van der Waals surface area contributed by atoms with Gasteiger partial charge in [0.05, 0.1) is 18.2 Å². The van der Waals surface area contributed by atoms with Crippen LogP contribution in [0.5, 0.6) is 0 Å². The number of likely N-dealkylation sites (tertiary alicyclic amines) is 1. The number of nitrogens with zero attached hydrogens (tertiary/aromatic N) is 1. The van der Waals surface area contributed by atoms with Crippen LogP contribution in [0.3, 0.4) is 0 Å². The lowest BCUT2D eigenvalue weighted by Gasteiger charge is -2.29. The highest BCUT2D eigenvalue weighted by Gasteiger charge is 2.63. The molecule has 1 aromatic carbocycles. The number of carbonyl (C=O) groups excluding carboxylic acids is 2. The van der Waals surface area contributed by atoms with Crippen LogP contribution in [-0.2, 0) is 9.53 Å². The van der Waals surface area contributed by atoms with Crippen LogP contribution in [0.15, 0.2) is 24.3 Å². The maximum absolute atomic E-state index is 12.4. The molecule has 3 heterocycles. The Kier molecular flexibility index (Phi) is 3.64. The predicted octanol–water partition coefficient (Wildman–Crippen LogP) is 1.75. The van der Waals surface area contributed by atoms with E-state index in [0.29, 0.717) is 30.5 Å². The summed E-state index contributed by atoms with van der Waals surface area (Å²) in [6.07, 6.45) is 2.30. The van der Waals surface area contributed by atoms with Crippen LogP contribution < -0.4 is 5.32 Å². The zero-order chi connectivity index (χ0) is 16.9. The molecular formula is C19H24N2O3. The van der Waals surface area contributed by atoms with E-state index in [2.05, 4.69) is 5.32 Å². The molecule has 128 valence electrons. The van der Waals surface area contributed by atoms with E-state index >= 15 is 0 Å². The number of hydrogen-bond acceptors (Lipinski definition) is 3. The van der Waals surface area contributed by atoms with Crippen LogP contribution >= 0.6 is 0 Å². The number of ether oxygens (including phenoxy) is 1. The van der Waals surface area contributed by atoms with E-state index in [-0.39, 0.29) is 23.5 Å². The lowest BCUT2D eigenvalue weighted by Crippen LogP contribution is -2.41. The van der Waals surface area contributed by atoms with Crippen molar-refractivity contribution in [3.63, 3.8) is 0 Å².